The quantitative estimate of drug-likeness (QED) is 0.802. The van der Waals surface area contributed by atoms with Crippen LogP contribution in [0, 0.1) is 6.92 Å². The second kappa shape index (κ2) is 3.91. The van der Waals surface area contributed by atoms with Gasteiger partial charge in [0.2, 0.25) is 0 Å². The third-order valence-electron chi connectivity index (χ3n) is 1.85. The van der Waals surface area contributed by atoms with E-state index < -0.39 is 0 Å². The number of oxazole rings is 1. The van der Waals surface area contributed by atoms with Crippen LogP contribution in [0.15, 0.2) is 35.4 Å². The molecule has 0 saturated heterocycles. The lowest BCUT2D eigenvalue weighted by Gasteiger charge is -2.02. The topological polar surface area (TPSA) is 51.0 Å². The summed E-state index contributed by atoms with van der Waals surface area (Å²) in [5, 5.41) is 3.14. The molecule has 0 aliphatic heterocycles. The van der Waals surface area contributed by atoms with Gasteiger partial charge in [-0.05, 0) is 18.6 Å². The van der Waals surface area contributed by atoms with Crippen molar-refractivity contribution in [1.29, 1.82) is 0 Å². The van der Waals surface area contributed by atoms with Crippen molar-refractivity contribution in [2.24, 2.45) is 0 Å². The van der Waals surface area contributed by atoms with Crippen LogP contribution in [0.2, 0.25) is 0 Å². The Bertz CT molecular complexity index is 380. The monoisotopic (exact) mass is 189 g/mol. The molecule has 0 amide bonds. The van der Waals surface area contributed by atoms with E-state index in [9.17, 15) is 0 Å². The van der Waals surface area contributed by atoms with Gasteiger partial charge in [0.25, 0.3) is 0 Å². The second-order valence-electron chi connectivity index (χ2n) is 3.05. The van der Waals surface area contributed by atoms with Crippen LogP contribution in [0.1, 0.15) is 11.3 Å². The van der Waals surface area contributed by atoms with E-state index >= 15 is 0 Å². The number of nitrogens with zero attached hydrogens (tertiary/aromatic N) is 2. The van der Waals surface area contributed by atoms with E-state index in [0.717, 1.165) is 17.1 Å². The summed E-state index contributed by atoms with van der Waals surface area (Å²) in [4.78, 5) is 8.20. The Morgan fingerprint density at radius 1 is 1.36 bits per heavy atom. The lowest BCUT2D eigenvalue weighted by Crippen LogP contribution is -2.01. The lowest BCUT2D eigenvalue weighted by molar-refractivity contribution is 0.556. The highest BCUT2D eigenvalue weighted by Crippen LogP contribution is 2.05. The maximum atomic E-state index is 4.85. The molecular formula is C10H11N3O. The van der Waals surface area contributed by atoms with E-state index in [0.29, 0.717) is 6.54 Å². The third-order valence-corrected chi connectivity index (χ3v) is 1.85. The summed E-state index contributed by atoms with van der Waals surface area (Å²) in [5.41, 5.74) is 2.02. The van der Waals surface area contributed by atoms with Crippen molar-refractivity contribution in [2.45, 2.75) is 13.5 Å². The molecule has 72 valence electrons. The average Bonchev–Trinajstić information content (AvgIpc) is 2.70. The first-order valence-corrected chi connectivity index (χ1v) is 4.38. The van der Waals surface area contributed by atoms with Crippen molar-refractivity contribution in [3.05, 3.63) is 42.2 Å². The summed E-state index contributed by atoms with van der Waals surface area (Å²) < 4.78 is 4.85. The van der Waals surface area contributed by atoms with Crippen molar-refractivity contribution in [1.82, 2.24) is 9.97 Å². The number of pyridine rings is 1. The number of hydrogen-bond donors (Lipinski definition) is 1. The normalized spacial score (nSPS) is 10.1. The molecule has 0 aromatic carbocycles. The first-order chi connectivity index (χ1) is 6.84. The third kappa shape index (κ3) is 2.10. The highest BCUT2D eigenvalue weighted by molar-refractivity contribution is 5.35. The molecule has 2 heterocycles. The lowest BCUT2D eigenvalue weighted by atomic mass is 10.3. The summed E-state index contributed by atoms with van der Waals surface area (Å²) in [6, 6.07) is 3.95. The minimum atomic E-state index is 0.632. The highest BCUT2D eigenvalue weighted by Gasteiger charge is 1.96. The van der Waals surface area contributed by atoms with Crippen molar-refractivity contribution in [3.8, 4) is 0 Å². The van der Waals surface area contributed by atoms with Crippen LogP contribution in [0.3, 0.4) is 0 Å². The smallest absolute Gasteiger partial charge is 0.180 e. The fraction of sp³-hybridized carbons (Fsp3) is 0.200. The van der Waals surface area contributed by atoms with Crippen LogP contribution in [-0.2, 0) is 6.54 Å². The number of nitrogens with one attached hydrogen (secondary N) is 1. The van der Waals surface area contributed by atoms with Gasteiger partial charge >= 0.3 is 0 Å². The molecule has 2 aromatic heterocycles. The molecule has 0 aliphatic carbocycles. The molecule has 0 aliphatic rings. The summed E-state index contributed by atoms with van der Waals surface area (Å²) in [6.45, 7) is 2.64. The van der Waals surface area contributed by atoms with Gasteiger partial charge < -0.3 is 9.73 Å². The zero-order valence-corrected chi connectivity index (χ0v) is 7.90. The van der Waals surface area contributed by atoms with Gasteiger partial charge in [-0.25, -0.2) is 9.97 Å². The molecule has 4 nitrogen and oxygen atoms in total. The van der Waals surface area contributed by atoms with E-state index in [2.05, 4.69) is 15.3 Å². The Morgan fingerprint density at radius 3 is 2.93 bits per heavy atom. The van der Waals surface area contributed by atoms with E-state index in [1.807, 2.05) is 25.3 Å². The molecule has 4 heteroatoms. The number of rotatable bonds is 3. The molecular weight excluding hydrogens is 178 g/mol. The molecule has 14 heavy (non-hydrogen) atoms. The Hall–Kier alpha value is -1.84. The summed E-state index contributed by atoms with van der Waals surface area (Å²) in [7, 11) is 0. The molecule has 0 bridgehead atoms. The molecule has 0 unspecified atom stereocenters. The first-order valence-electron chi connectivity index (χ1n) is 4.38. The van der Waals surface area contributed by atoms with Crippen molar-refractivity contribution >= 4 is 5.82 Å². The average molecular weight is 189 g/mol. The number of aromatic nitrogens is 2. The molecule has 0 atom stereocenters. The van der Waals surface area contributed by atoms with Gasteiger partial charge in [-0.1, -0.05) is 6.07 Å². The Morgan fingerprint density at radius 2 is 2.29 bits per heavy atom. The Kier molecular flexibility index (Phi) is 2.44. The highest BCUT2D eigenvalue weighted by atomic mass is 16.3. The summed E-state index contributed by atoms with van der Waals surface area (Å²) in [5.74, 6) is 0.846. The molecule has 2 rings (SSSR count). The SMILES string of the molecule is Cc1ccc(NCc2cocn2)nc1. The number of aryl methyl sites for hydroxylation is 1. The van der Waals surface area contributed by atoms with Gasteiger partial charge in [0, 0.05) is 6.20 Å². The summed E-state index contributed by atoms with van der Waals surface area (Å²) in [6.07, 6.45) is 4.85. The molecule has 0 fully saturated rings. The fourth-order valence-corrected chi connectivity index (χ4v) is 1.08. The van der Waals surface area contributed by atoms with Crippen molar-refractivity contribution < 1.29 is 4.42 Å². The van der Waals surface area contributed by atoms with Crippen LogP contribution in [0.4, 0.5) is 5.82 Å². The molecule has 2 aromatic rings. The standard InChI is InChI=1S/C10H11N3O/c1-8-2-3-10(11-4-8)12-5-9-6-14-7-13-9/h2-4,6-7H,5H2,1H3,(H,11,12). The van der Waals surface area contributed by atoms with E-state index in [4.69, 9.17) is 4.42 Å². The fourth-order valence-electron chi connectivity index (χ4n) is 1.08. The van der Waals surface area contributed by atoms with Gasteiger partial charge in [0.15, 0.2) is 6.39 Å². The van der Waals surface area contributed by atoms with Gasteiger partial charge in [-0.15, -0.1) is 0 Å². The Labute approximate surface area is 82.0 Å². The first kappa shape index (κ1) is 8.74. The summed E-state index contributed by atoms with van der Waals surface area (Å²) >= 11 is 0. The van der Waals surface area contributed by atoms with Gasteiger partial charge in [0.1, 0.15) is 12.1 Å². The number of anilines is 1. The van der Waals surface area contributed by atoms with Crippen molar-refractivity contribution in [3.63, 3.8) is 0 Å². The zero-order valence-electron chi connectivity index (χ0n) is 7.90. The van der Waals surface area contributed by atoms with Crippen LogP contribution in [0.5, 0.6) is 0 Å². The largest absolute Gasteiger partial charge is 0.451 e. The van der Waals surface area contributed by atoms with Crippen LogP contribution >= 0.6 is 0 Å². The maximum absolute atomic E-state index is 4.85. The second-order valence-corrected chi connectivity index (χ2v) is 3.05. The molecule has 1 N–H and O–H groups in total. The maximum Gasteiger partial charge on any atom is 0.180 e. The van der Waals surface area contributed by atoms with Gasteiger partial charge in [-0.2, -0.15) is 0 Å². The van der Waals surface area contributed by atoms with Crippen molar-refractivity contribution in [2.75, 3.05) is 5.32 Å². The Balaban J connectivity index is 1.95. The van der Waals surface area contributed by atoms with E-state index in [1.165, 1.54) is 6.39 Å². The van der Waals surface area contributed by atoms with Crippen LogP contribution < -0.4 is 5.32 Å². The zero-order chi connectivity index (χ0) is 9.80. The van der Waals surface area contributed by atoms with Gasteiger partial charge in [-0.3, -0.25) is 0 Å². The van der Waals surface area contributed by atoms with Crippen LogP contribution in [0.25, 0.3) is 0 Å². The molecule has 0 radical (unpaired) electrons. The molecule has 0 spiro atoms. The van der Waals surface area contributed by atoms with E-state index in [1.54, 1.807) is 6.26 Å². The van der Waals surface area contributed by atoms with E-state index in [-0.39, 0.29) is 0 Å². The minimum absolute atomic E-state index is 0.632. The van der Waals surface area contributed by atoms with Gasteiger partial charge in [0.05, 0.1) is 12.2 Å². The minimum Gasteiger partial charge on any atom is -0.451 e. The van der Waals surface area contributed by atoms with Crippen LogP contribution in [-0.4, -0.2) is 9.97 Å². The number of hydrogen-bond acceptors (Lipinski definition) is 4. The predicted octanol–water partition coefficient (Wildman–Crippen LogP) is 1.99. The molecule has 0 saturated carbocycles. The predicted molar refractivity (Wildman–Crippen MR) is 52.8 cm³/mol.